The molecule has 25 heavy (non-hydrogen) atoms. The lowest BCUT2D eigenvalue weighted by atomic mass is 9.92. The first-order chi connectivity index (χ1) is 12.0. The van der Waals surface area contributed by atoms with Gasteiger partial charge in [0.05, 0.1) is 4.92 Å². The molecule has 1 amide bonds. The molecule has 1 fully saturated rings. The lowest BCUT2D eigenvalue weighted by molar-refractivity contribution is -0.383. The van der Waals surface area contributed by atoms with E-state index in [9.17, 15) is 14.9 Å². The van der Waals surface area contributed by atoms with Crippen LogP contribution in [-0.4, -0.2) is 28.9 Å². The van der Waals surface area contributed by atoms with Crippen LogP contribution < -0.4 is 10.6 Å². The van der Waals surface area contributed by atoms with Gasteiger partial charge in [-0.15, -0.1) is 0 Å². The summed E-state index contributed by atoms with van der Waals surface area (Å²) < 4.78 is 0. The van der Waals surface area contributed by atoms with E-state index in [0.29, 0.717) is 17.9 Å². The lowest BCUT2D eigenvalue weighted by Gasteiger charge is -2.35. The number of nitro groups is 1. The molecule has 0 spiro atoms. The smallest absolute Gasteiger partial charge is 0.295 e. The van der Waals surface area contributed by atoms with Crippen LogP contribution in [0.25, 0.3) is 10.9 Å². The monoisotopic (exact) mass is 342 g/mol. The van der Waals surface area contributed by atoms with Crippen molar-refractivity contribution in [3.8, 4) is 0 Å². The molecule has 1 atom stereocenters. The zero-order valence-corrected chi connectivity index (χ0v) is 14.3. The molecule has 1 aliphatic rings. The number of amides is 1. The van der Waals surface area contributed by atoms with Gasteiger partial charge in [0.1, 0.15) is 0 Å². The Kier molecular flexibility index (Phi) is 4.83. The van der Waals surface area contributed by atoms with Gasteiger partial charge >= 0.3 is 0 Å². The van der Waals surface area contributed by atoms with Gasteiger partial charge in [-0.25, -0.2) is 4.98 Å². The number of hydrogen-bond acceptors (Lipinski definition) is 5. The molecule has 7 heteroatoms. The summed E-state index contributed by atoms with van der Waals surface area (Å²) >= 11 is 0. The summed E-state index contributed by atoms with van der Waals surface area (Å²) in [4.78, 5) is 28.7. The Morgan fingerprint density at radius 3 is 3.00 bits per heavy atom. The van der Waals surface area contributed by atoms with Crippen molar-refractivity contribution >= 4 is 28.2 Å². The second-order valence-corrected chi connectivity index (χ2v) is 6.67. The molecule has 0 aliphatic carbocycles. The number of pyridine rings is 1. The van der Waals surface area contributed by atoms with E-state index in [2.05, 4.69) is 9.88 Å². The van der Waals surface area contributed by atoms with Crippen molar-refractivity contribution < 1.29 is 9.72 Å². The molecule has 0 saturated carbocycles. The van der Waals surface area contributed by atoms with Crippen molar-refractivity contribution in [1.29, 1.82) is 0 Å². The molecule has 132 valence electrons. The molecule has 1 saturated heterocycles. The Labute approximate surface area is 146 Å². The van der Waals surface area contributed by atoms with Crippen molar-refractivity contribution in [1.82, 2.24) is 4.98 Å². The van der Waals surface area contributed by atoms with Gasteiger partial charge in [-0.2, -0.15) is 0 Å². The summed E-state index contributed by atoms with van der Waals surface area (Å²) in [6, 6.07) is 7.07. The van der Waals surface area contributed by atoms with Gasteiger partial charge in [-0.05, 0) is 38.2 Å². The minimum atomic E-state index is -0.385. The summed E-state index contributed by atoms with van der Waals surface area (Å²) in [6.45, 7) is 3.58. The Hall–Kier alpha value is -2.70. The van der Waals surface area contributed by atoms with Gasteiger partial charge < -0.3 is 10.6 Å². The van der Waals surface area contributed by atoms with E-state index >= 15 is 0 Å². The minimum absolute atomic E-state index is 0.0322. The average molecular weight is 342 g/mol. The van der Waals surface area contributed by atoms with E-state index in [0.717, 1.165) is 49.1 Å². The van der Waals surface area contributed by atoms with Gasteiger partial charge in [0.25, 0.3) is 5.69 Å². The minimum Gasteiger partial charge on any atom is -0.371 e. The van der Waals surface area contributed by atoms with E-state index in [1.54, 1.807) is 6.07 Å². The molecule has 7 nitrogen and oxygen atoms in total. The van der Waals surface area contributed by atoms with Crippen LogP contribution >= 0.6 is 0 Å². The summed E-state index contributed by atoms with van der Waals surface area (Å²) in [6.07, 6.45) is 3.29. The number of anilines is 1. The topological polar surface area (TPSA) is 102 Å². The highest BCUT2D eigenvalue weighted by molar-refractivity contribution is 5.97. The number of nitrogens with zero attached hydrogens (tertiary/aromatic N) is 3. The highest BCUT2D eigenvalue weighted by Gasteiger charge is 2.24. The fourth-order valence-corrected chi connectivity index (χ4v) is 3.61. The van der Waals surface area contributed by atoms with Crippen molar-refractivity contribution in [3.63, 3.8) is 0 Å². The summed E-state index contributed by atoms with van der Waals surface area (Å²) in [7, 11) is 0. The number of piperidine rings is 1. The summed E-state index contributed by atoms with van der Waals surface area (Å²) in [5, 5.41) is 12.1. The number of fused-ring (bicyclic) bond motifs is 1. The number of nitrogens with two attached hydrogens (primary N) is 1. The van der Waals surface area contributed by atoms with Gasteiger partial charge in [-0.3, -0.25) is 14.9 Å². The Balaban J connectivity index is 1.96. The largest absolute Gasteiger partial charge is 0.371 e. The van der Waals surface area contributed by atoms with Gasteiger partial charge in [0.2, 0.25) is 5.91 Å². The fraction of sp³-hybridized carbons (Fsp3) is 0.444. The molecule has 2 heterocycles. The Bertz CT molecular complexity index is 821. The molecule has 1 aromatic heterocycles. The third kappa shape index (κ3) is 3.70. The number of nitro benzene ring substituents is 1. The van der Waals surface area contributed by atoms with E-state index < -0.39 is 0 Å². The number of primary amides is 1. The van der Waals surface area contributed by atoms with Crippen LogP contribution in [0.1, 0.15) is 31.4 Å². The van der Waals surface area contributed by atoms with Crippen molar-refractivity contribution in [2.24, 2.45) is 11.7 Å². The Morgan fingerprint density at radius 2 is 2.28 bits per heavy atom. The number of rotatable bonds is 5. The molecule has 1 aliphatic heterocycles. The molecule has 2 N–H and O–H groups in total. The second-order valence-electron chi connectivity index (χ2n) is 6.67. The number of hydrogen-bond donors (Lipinski definition) is 1. The van der Waals surface area contributed by atoms with Gasteiger partial charge in [0, 0.05) is 42.3 Å². The third-order valence-corrected chi connectivity index (χ3v) is 4.78. The predicted octanol–water partition coefficient (Wildman–Crippen LogP) is 2.93. The first kappa shape index (κ1) is 17.1. The number of aryl methyl sites for hydroxylation is 1. The van der Waals surface area contributed by atoms with Crippen LogP contribution in [0.4, 0.5) is 11.4 Å². The SMILES string of the molecule is Cc1cc(N2CCCC(CCC(N)=O)C2)c2cccc([N+](=O)[O-])c2n1. The van der Waals surface area contributed by atoms with E-state index in [1.807, 2.05) is 19.1 Å². The summed E-state index contributed by atoms with van der Waals surface area (Å²) in [5.74, 6) is 0.140. The number of carbonyl (C=O) groups excluding carboxylic acids is 1. The van der Waals surface area contributed by atoms with E-state index in [-0.39, 0.29) is 16.5 Å². The maximum absolute atomic E-state index is 11.3. The molecular formula is C18H22N4O3. The molecule has 1 aromatic carbocycles. The van der Waals surface area contributed by atoms with Crippen molar-refractivity contribution in [2.45, 2.75) is 32.6 Å². The Morgan fingerprint density at radius 1 is 1.48 bits per heavy atom. The van der Waals surface area contributed by atoms with E-state index in [1.165, 1.54) is 6.07 Å². The number of non-ortho nitro benzene ring substituents is 1. The third-order valence-electron chi connectivity index (χ3n) is 4.78. The average Bonchev–Trinajstić information content (AvgIpc) is 2.58. The second kappa shape index (κ2) is 7.04. The van der Waals surface area contributed by atoms with E-state index in [4.69, 9.17) is 5.73 Å². The lowest BCUT2D eigenvalue weighted by Crippen LogP contribution is -2.36. The standard InChI is InChI=1S/C18H22N4O3/c1-12-10-16(14-5-2-6-15(22(24)25)18(14)20-12)21-9-3-4-13(11-21)7-8-17(19)23/h2,5-6,10,13H,3-4,7-9,11H2,1H3,(H2,19,23). The number of carbonyl (C=O) groups is 1. The molecule has 1 unspecified atom stereocenters. The highest BCUT2D eigenvalue weighted by Crippen LogP contribution is 2.34. The zero-order valence-electron chi connectivity index (χ0n) is 14.3. The van der Waals surface area contributed by atoms with Crippen LogP contribution in [0.5, 0.6) is 0 Å². The molecule has 3 rings (SSSR count). The van der Waals surface area contributed by atoms with Crippen LogP contribution in [-0.2, 0) is 4.79 Å². The van der Waals surface area contributed by atoms with Crippen LogP contribution in [0.2, 0.25) is 0 Å². The quantitative estimate of drug-likeness (QED) is 0.665. The first-order valence-electron chi connectivity index (χ1n) is 8.53. The maximum atomic E-state index is 11.3. The maximum Gasteiger partial charge on any atom is 0.295 e. The zero-order chi connectivity index (χ0) is 18.0. The number of para-hydroxylation sites is 1. The first-order valence-corrected chi connectivity index (χ1v) is 8.53. The van der Waals surface area contributed by atoms with Crippen LogP contribution in [0.3, 0.4) is 0 Å². The predicted molar refractivity (Wildman–Crippen MR) is 96.5 cm³/mol. The molecule has 0 bridgehead atoms. The van der Waals surface area contributed by atoms with Crippen molar-refractivity contribution in [3.05, 3.63) is 40.1 Å². The number of benzene rings is 1. The molecular weight excluding hydrogens is 320 g/mol. The van der Waals surface area contributed by atoms with Crippen molar-refractivity contribution in [2.75, 3.05) is 18.0 Å². The molecule has 2 aromatic rings. The summed E-state index contributed by atoms with van der Waals surface area (Å²) in [5.41, 5.74) is 7.48. The fourth-order valence-electron chi connectivity index (χ4n) is 3.61. The number of aromatic nitrogens is 1. The normalized spacial score (nSPS) is 17.6. The van der Waals surface area contributed by atoms with Gasteiger partial charge in [0.15, 0.2) is 5.52 Å². The molecule has 0 radical (unpaired) electrons. The van der Waals surface area contributed by atoms with Crippen LogP contribution in [0.15, 0.2) is 24.3 Å². The van der Waals surface area contributed by atoms with Gasteiger partial charge in [-0.1, -0.05) is 12.1 Å². The highest BCUT2D eigenvalue weighted by atomic mass is 16.6. The van der Waals surface area contributed by atoms with Crippen LogP contribution in [0, 0.1) is 23.0 Å².